The maximum atomic E-state index is 8.84. The molecule has 19 heavy (non-hydrogen) atoms. The monoisotopic (exact) mass is 273 g/mol. The average molecular weight is 274 g/mol. The highest BCUT2D eigenvalue weighted by molar-refractivity contribution is 6.32. The van der Waals surface area contributed by atoms with Gasteiger partial charge in [-0.05, 0) is 31.0 Å². The number of nitriles is 1. The standard InChI is InChI=1S/C13H12ClN5/c14-12-5-9(6-15)1-4-13(12)19-11(8-17-18-19)7-16-10-2-3-10/h1,4-5,8,10,16H,2-3,7H2. The lowest BCUT2D eigenvalue weighted by atomic mass is 10.2. The first kappa shape index (κ1) is 12.2. The van der Waals surface area contributed by atoms with Crippen LogP contribution in [0.3, 0.4) is 0 Å². The normalized spacial score (nSPS) is 14.3. The van der Waals surface area contributed by atoms with Crippen molar-refractivity contribution in [3.63, 3.8) is 0 Å². The third-order valence-corrected chi connectivity index (χ3v) is 3.38. The van der Waals surface area contributed by atoms with Crippen LogP contribution in [-0.4, -0.2) is 21.0 Å². The first-order valence-corrected chi connectivity index (χ1v) is 6.48. The number of nitrogens with zero attached hydrogens (tertiary/aromatic N) is 4. The molecule has 0 unspecified atom stereocenters. The van der Waals surface area contributed by atoms with Gasteiger partial charge in [0.25, 0.3) is 0 Å². The Labute approximate surface area is 115 Å². The van der Waals surface area contributed by atoms with Crippen molar-refractivity contribution >= 4 is 11.6 Å². The molecule has 1 heterocycles. The molecule has 5 nitrogen and oxygen atoms in total. The average Bonchev–Trinajstić information content (AvgIpc) is 3.14. The van der Waals surface area contributed by atoms with Gasteiger partial charge in [-0.3, -0.25) is 0 Å². The van der Waals surface area contributed by atoms with Gasteiger partial charge in [-0.1, -0.05) is 16.8 Å². The molecule has 1 saturated carbocycles. The zero-order valence-corrected chi connectivity index (χ0v) is 10.9. The number of rotatable bonds is 4. The van der Waals surface area contributed by atoms with Crippen LogP contribution in [-0.2, 0) is 6.54 Å². The van der Waals surface area contributed by atoms with E-state index in [9.17, 15) is 0 Å². The van der Waals surface area contributed by atoms with E-state index in [2.05, 4.69) is 21.7 Å². The van der Waals surface area contributed by atoms with Crippen molar-refractivity contribution in [1.82, 2.24) is 20.3 Å². The molecule has 6 heteroatoms. The lowest BCUT2D eigenvalue weighted by Crippen LogP contribution is -2.18. The Morgan fingerprint density at radius 1 is 1.47 bits per heavy atom. The Kier molecular flexibility index (Phi) is 3.20. The third kappa shape index (κ3) is 2.60. The van der Waals surface area contributed by atoms with Gasteiger partial charge in [-0.25, -0.2) is 4.68 Å². The molecule has 1 aliphatic rings. The molecule has 3 rings (SSSR count). The smallest absolute Gasteiger partial charge is 0.0992 e. The number of aromatic nitrogens is 3. The fourth-order valence-electron chi connectivity index (χ4n) is 1.86. The molecule has 1 fully saturated rings. The Balaban J connectivity index is 1.88. The maximum Gasteiger partial charge on any atom is 0.0992 e. The van der Waals surface area contributed by atoms with E-state index in [0.29, 0.717) is 23.2 Å². The summed E-state index contributed by atoms with van der Waals surface area (Å²) in [6.07, 6.45) is 4.20. The van der Waals surface area contributed by atoms with E-state index >= 15 is 0 Å². The van der Waals surface area contributed by atoms with Gasteiger partial charge in [-0.2, -0.15) is 5.26 Å². The Morgan fingerprint density at radius 3 is 3.00 bits per heavy atom. The van der Waals surface area contributed by atoms with Crippen LogP contribution in [0.5, 0.6) is 0 Å². The fraction of sp³-hybridized carbons (Fsp3) is 0.308. The van der Waals surface area contributed by atoms with E-state index in [1.165, 1.54) is 12.8 Å². The first-order chi connectivity index (χ1) is 9.28. The molecule has 96 valence electrons. The summed E-state index contributed by atoms with van der Waals surface area (Å²) in [6, 6.07) is 7.83. The number of hydrogen-bond donors (Lipinski definition) is 1. The van der Waals surface area contributed by atoms with Crippen molar-refractivity contribution in [3.05, 3.63) is 40.7 Å². The van der Waals surface area contributed by atoms with Gasteiger partial charge in [0.1, 0.15) is 0 Å². The van der Waals surface area contributed by atoms with Crippen molar-refractivity contribution in [3.8, 4) is 11.8 Å². The summed E-state index contributed by atoms with van der Waals surface area (Å²) < 4.78 is 1.71. The Morgan fingerprint density at radius 2 is 2.32 bits per heavy atom. The minimum absolute atomic E-state index is 0.497. The van der Waals surface area contributed by atoms with Gasteiger partial charge in [0.2, 0.25) is 0 Å². The van der Waals surface area contributed by atoms with Crippen LogP contribution in [0.25, 0.3) is 5.69 Å². The molecule has 0 spiro atoms. The molecule has 0 aliphatic heterocycles. The predicted octanol–water partition coefficient (Wildman–Crippen LogP) is 2.04. The molecule has 1 aromatic carbocycles. The van der Waals surface area contributed by atoms with Crippen LogP contribution in [0.1, 0.15) is 24.1 Å². The van der Waals surface area contributed by atoms with Crippen LogP contribution >= 0.6 is 11.6 Å². The predicted molar refractivity (Wildman–Crippen MR) is 70.9 cm³/mol. The summed E-state index contributed by atoms with van der Waals surface area (Å²) >= 11 is 6.19. The van der Waals surface area contributed by atoms with Gasteiger partial charge in [0.05, 0.1) is 34.2 Å². The van der Waals surface area contributed by atoms with Crippen LogP contribution in [0.2, 0.25) is 5.02 Å². The molecule has 0 amide bonds. The van der Waals surface area contributed by atoms with E-state index in [4.69, 9.17) is 16.9 Å². The van der Waals surface area contributed by atoms with E-state index in [0.717, 1.165) is 11.4 Å². The van der Waals surface area contributed by atoms with Gasteiger partial charge in [0.15, 0.2) is 0 Å². The second-order valence-corrected chi connectivity index (χ2v) is 4.98. The van der Waals surface area contributed by atoms with E-state index in [1.54, 1.807) is 29.1 Å². The van der Waals surface area contributed by atoms with Crippen molar-refractivity contribution in [1.29, 1.82) is 5.26 Å². The second kappa shape index (κ2) is 5.00. The van der Waals surface area contributed by atoms with Crippen molar-refractivity contribution < 1.29 is 0 Å². The Bertz CT molecular complexity index is 639. The van der Waals surface area contributed by atoms with Crippen molar-refractivity contribution in [2.75, 3.05) is 0 Å². The molecular weight excluding hydrogens is 262 g/mol. The molecule has 1 aromatic heterocycles. The summed E-state index contributed by atoms with van der Waals surface area (Å²) in [7, 11) is 0. The highest BCUT2D eigenvalue weighted by Gasteiger charge is 2.21. The lowest BCUT2D eigenvalue weighted by Gasteiger charge is -2.08. The van der Waals surface area contributed by atoms with Crippen molar-refractivity contribution in [2.24, 2.45) is 0 Å². The first-order valence-electron chi connectivity index (χ1n) is 6.11. The molecule has 1 N–H and O–H groups in total. The molecule has 2 aromatic rings. The number of benzene rings is 1. The van der Waals surface area contributed by atoms with Crippen molar-refractivity contribution in [2.45, 2.75) is 25.4 Å². The molecule has 0 bridgehead atoms. The molecular formula is C13H12ClN5. The number of nitrogens with one attached hydrogen (secondary N) is 1. The zero-order chi connectivity index (χ0) is 13.2. The summed E-state index contributed by atoms with van der Waals surface area (Å²) in [4.78, 5) is 0. The summed E-state index contributed by atoms with van der Waals surface area (Å²) in [6.45, 7) is 0.716. The number of hydrogen-bond acceptors (Lipinski definition) is 4. The minimum atomic E-state index is 0.497. The Hall–Kier alpha value is -1.90. The fourth-order valence-corrected chi connectivity index (χ4v) is 2.12. The molecule has 0 atom stereocenters. The highest BCUT2D eigenvalue weighted by atomic mass is 35.5. The van der Waals surface area contributed by atoms with Crippen LogP contribution < -0.4 is 5.32 Å². The largest absolute Gasteiger partial charge is 0.308 e. The van der Waals surface area contributed by atoms with Gasteiger partial charge < -0.3 is 5.32 Å². The molecule has 0 saturated heterocycles. The highest BCUT2D eigenvalue weighted by Crippen LogP contribution is 2.23. The third-order valence-electron chi connectivity index (χ3n) is 3.07. The van der Waals surface area contributed by atoms with E-state index < -0.39 is 0 Å². The second-order valence-electron chi connectivity index (χ2n) is 4.57. The zero-order valence-electron chi connectivity index (χ0n) is 10.2. The molecule has 0 radical (unpaired) electrons. The van der Waals surface area contributed by atoms with Gasteiger partial charge in [0, 0.05) is 12.6 Å². The van der Waals surface area contributed by atoms with Gasteiger partial charge >= 0.3 is 0 Å². The minimum Gasteiger partial charge on any atom is -0.308 e. The summed E-state index contributed by atoms with van der Waals surface area (Å²) in [5.74, 6) is 0. The van der Waals surface area contributed by atoms with E-state index in [1.807, 2.05) is 0 Å². The van der Waals surface area contributed by atoms with Crippen LogP contribution in [0, 0.1) is 11.3 Å². The quantitative estimate of drug-likeness (QED) is 0.926. The topological polar surface area (TPSA) is 66.5 Å². The van der Waals surface area contributed by atoms with Gasteiger partial charge in [-0.15, -0.1) is 5.10 Å². The van der Waals surface area contributed by atoms with Crippen LogP contribution in [0.4, 0.5) is 0 Å². The SMILES string of the molecule is N#Cc1ccc(-n2nncc2CNC2CC2)c(Cl)c1. The lowest BCUT2D eigenvalue weighted by molar-refractivity contribution is 0.647. The van der Waals surface area contributed by atoms with Crippen LogP contribution in [0.15, 0.2) is 24.4 Å². The summed E-state index contributed by atoms with van der Waals surface area (Å²) in [5.41, 5.74) is 2.23. The summed E-state index contributed by atoms with van der Waals surface area (Å²) in [5, 5.41) is 20.7. The van der Waals surface area contributed by atoms with E-state index in [-0.39, 0.29) is 0 Å². The number of halogens is 1. The maximum absolute atomic E-state index is 8.84. The molecule has 1 aliphatic carbocycles.